The maximum atomic E-state index is 11.9. The number of ether oxygens (including phenoxy) is 1. The van der Waals surface area contributed by atoms with Gasteiger partial charge in [0, 0.05) is 22.7 Å². The van der Waals surface area contributed by atoms with Gasteiger partial charge in [-0.25, -0.2) is 25.2 Å². The largest absolute Gasteiger partial charge is 0.465 e. The fourth-order valence-electron chi connectivity index (χ4n) is 3.12. The van der Waals surface area contributed by atoms with E-state index in [1.165, 1.54) is 14.2 Å². The second-order valence-electron chi connectivity index (χ2n) is 6.44. The smallest absolute Gasteiger partial charge is 0.337 e. The van der Waals surface area contributed by atoms with E-state index >= 15 is 0 Å². The van der Waals surface area contributed by atoms with Crippen LogP contribution in [0.15, 0.2) is 48.7 Å². The Morgan fingerprint density at radius 3 is 2.66 bits per heavy atom. The van der Waals surface area contributed by atoms with Crippen molar-refractivity contribution in [3.8, 4) is 0 Å². The number of pyridine rings is 1. The maximum Gasteiger partial charge on any atom is 0.337 e. The number of carbonyl (C=O) groups is 1. The molecule has 4 rings (SSSR count). The Balaban J connectivity index is 1.94. The fourth-order valence-corrected chi connectivity index (χ4v) is 3.12. The molecule has 0 saturated carbocycles. The van der Waals surface area contributed by atoms with Gasteiger partial charge < -0.3 is 10.1 Å². The molecule has 146 valence electrons. The third-order valence-corrected chi connectivity index (χ3v) is 4.43. The molecule has 2 aromatic carbocycles. The van der Waals surface area contributed by atoms with Crippen LogP contribution in [0, 0.1) is 6.92 Å². The molecule has 0 aliphatic rings. The molecule has 0 spiro atoms. The van der Waals surface area contributed by atoms with Crippen molar-refractivity contribution in [2.45, 2.75) is 6.92 Å². The number of nitrogens with zero attached hydrogens (tertiary/aromatic N) is 3. The first kappa shape index (κ1) is 18.6. The average molecular weight is 389 g/mol. The molecule has 4 aromatic rings. The Labute approximate surface area is 166 Å². The van der Waals surface area contributed by atoms with Gasteiger partial charge in [-0.1, -0.05) is 18.2 Å². The van der Waals surface area contributed by atoms with Crippen molar-refractivity contribution >= 4 is 45.2 Å². The van der Waals surface area contributed by atoms with Crippen molar-refractivity contribution in [2.75, 3.05) is 25.0 Å². The predicted molar refractivity (Wildman–Crippen MR) is 111 cm³/mol. The molecule has 2 aromatic heterocycles. The number of nitrogens with one attached hydrogen (secondary N) is 2. The van der Waals surface area contributed by atoms with Crippen LogP contribution in [0.2, 0.25) is 0 Å². The molecule has 8 heteroatoms. The van der Waals surface area contributed by atoms with E-state index in [1.54, 1.807) is 18.3 Å². The van der Waals surface area contributed by atoms with Crippen molar-refractivity contribution < 1.29 is 14.4 Å². The number of fused-ring (bicyclic) bond motifs is 3. The van der Waals surface area contributed by atoms with Crippen LogP contribution >= 0.6 is 0 Å². The summed E-state index contributed by atoms with van der Waals surface area (Å²) >= 11 is 0. The van der Waals surface area contributed by atoms with E-state index in [9.17, 15) is 4.79 Å². The standard InChI is InChI=1S/C21H19N5O3/c1-12-5-4-6-14(9-12)23-19-18-16(11-22-21(25-18)26-29-3)15-8-7-13(20(27)28-2)10-17(15)24-19/h4-11H,1-3H3,(H,23,24)(H,22,25,26). The van der Waals surface area contributed by atoms with Gasteiger partial charge in [0.2, 0.25) is 5.95 Å². The number of aromatic nitrogens is 3. The zero-order valence-electron chi connectivity index (χ0n) is 16.2. The van der Waals surface area contributed by atoms with Gasteiger partial charge in [-0.15, -0.1) is 0 Å². The van der Waals surface area contributed by atoms with E-state index in [4.69, 9.17) is 14.6 Å². The van der Waals surface area contributed by atoms with Crippen molar-refractivity contribution in [3.63, 3.8) is 0 Å². The van der Waals surface area contributed by atoms with Crippen LogP contribution in [0.25, 0.3) is 21.8 Å². The summed E-state index contributed by atoms with van der Waals surface area (Å²) in [6.07, 6.45) is 1.70. The van der Waals surface area contributed by atoms with Crippen LogP contribution in [0.5, 0.6) is 0 Å². The highest BCUT2D eigenvalue weighted by molar-refractivity contribution is 6.10. The summed E-state index contributed by atoms with van der Waals surface area (Å²) in [5.74, 6) is 0.444. The van der Waals surface area contributed by atoms with Crippen LogP contribution in [0.1, 0.15) is 15.9 Å². The van der Waals surface area contributed by atoms with Gasteiger partial charge in [0.05, 0.1) is 25.3 Å². The molecule has 2 heterocycles. The van der Waals surface area contributed by atoms with E-state index in [0.717, 1.165) is 22.0 Å². The maximum absolute atomic E-state index is 11.9. The third-order valence-electron chi connectivity index (χ3n) is 4.43. The molecular weight excluding hydrogens is 370 g/mol. The lowest BCUT2D eigenvalue weighted by Gasteiger charge is -2.13. The molecule has 0 amide bonds. The molecule has 0 aliphatic heterocycles. The van der Waals surface area contributed by atoms with Crippen LogP contribution in [-0.4, -0.2) is 35.1 Å². The summed E-state index contributed by atoms with van der Waals surface area (Å²) in [6.45, 7) is 2.02. The zero-order valence-corrected chi connectivity index (χ0v) is 16.2. The van der Waals surface area contributed by atoms with Gasteiger partial charge in [-0.2, -0.15) is 0 Å². The van der Waals surface area contributed by atoms with Crippen molar-refractivity contribution in [1.82, 2.24) is 15.0 Å². The lowest BCUT2D eigenvalue weighted by Crippen LogP contribution is -2.05. The molecule has 0 bridgehead atoms. The number of esters is 1. The number of benzene rings is 2. The number of hydrogen-bond acceptors (Lipinski definition) is 8. The third kappa shape index (κ3) is 3.65. The minimum absolute atomic E-state index is 0.319. The van der Waals surface area contributed by atoms with Crippen LogP contribution < -0.4 is 10.8 Å². The highest BCUT2D eigenvalue weighted by atomic mass is 16.6. The first-order chi connectivity index (χ1) is 14.1. The fraction of sp³-hybridized carbons (Fsp3) is 0.143. The number of hydrogen-bond donors (Lipinski definition) is 2. The van der Waals surface area contributed by atoms with Gasteiger partial charge in [-0.05, 0) is 36.8 Å². The summed E-state index contributed by atoms with van der Waals surface area (Å²) in [6, 6.07) is 13.2. The lowest BCUT2D eigenvalue weighted by atomic mass is 10.1. The Morgan fingerprint density at radius 2 is 1.90 bits per heavy atom. The topological polar surface area (TPSA) is 98.3 Å². The normalized spacial score (nSPS) is 10.9. The van der Waals surface area contributed by atoms with Crippen LogP contribution in [0.4, 0.5) is 17.5 Å². The van der Waals surface area contributed by atoms with E-state index in [-0.39, 0.29) is 0 Å². The zero-order chi connectivity index (χ0) is 20.4. The molecule has 8 nitrogen and oxygen atoms in total. The number of aryl methyl sites for hydroxylation is 1. The van der Waals surface area contributed by atoms with E-state index in [1.807, 2.05) is 37.3 Å². The summed E-state index contributed by atoms with van der Waals surface area (Å²) < 4.78 is 4.83. The van der Waals surface area contributed by atoms with Crippen molar-refractivity contribution in [2.24, 2.45) is 0 Å². The predicted octanol–water partition coefficient (Wildman–Crippen LogP) is 3.99. The Kier molecular flexibility index (Phi) is 4.92. The molecule has 0 fully saturated rings. The summed E-state index contributed by atoms with van der Waals surface area (Å²) in [5.41, 5.74) is 6.31. The molecule has 0 saturated heterocycles. The number of rotatable bonds is 5. The van der Waals surface area contributed by atoms with E-state index in [2.05, 4.69) is 20.8 Å². The SMILES string of the molecule is CONc1ncc2c(n1)c(Nc1cccc(C)c1)nc1cc(C(=O)OC)ccc12. The Bertz CT molecular complexity index is 1230. The number of methoxy groups -OCH3 is 1. The monoisotopic (exact) mass is 389 g/mol. The quantitative estimate of drug-likeness (QED) is 0.300. The highest BCUT2D eigenvalue weighted by Crippen LogP contribution is 2.31. The van der Waals surface area contributed by atoms with E-state index < -0.39 is 5.97 Å². The minimum Gasteiger partial charge on any atom is -0.465 e. The first-order valence-corrected chi connectivity index (χ1v) is 8.90. The first-order valence-electron chi connectivity index (χ1n) is 8.90. The van der Waals surface area contributed by atoms with Crippen molar-refractivity contribution in [3.05, 3.63) is 59.8 Å². The average Bonchev–Trinajstić information content (AvgIpc) is 2.73. The van der Waals surface area contributed by atoms with Gasteiger partial charge in [-0.3, -0.25) is 4.84 Å². The minimum atomic E-state index is -0.419. The van der Waals surface area contributed by atoms with Gasteiger partial charge in [0.15, 0.2) is 5.82 Å². The molecule has 0 atom stereocenters. The Morgan fingerprint density at radius 1 is 1.03 bits per heavy atom. The Hall–Kier alpha value is -3.78. The molecule has 29 heavy (non-hydrogen) atoms. The molecule has 2 N–H and O–H groups in total. The molecule has 0 aliphatic carbocycles. The highest BCUT2D eigenvalue weighted by Gasteiger charge is 2.14. The van der Waals surface area contributed by atoms with Crippen LogP contribution in [-0.2, 0) is 9.57 Å². The van der Waals surface area contributed by atoms with E-state index in [0.29, 0.717) is 28.4 Å². The summed E-state index contributed by atoms with van der Waals surface area (Å²) in [7, 11) is 2.84. The lowest BCUT2D eigenvalue weighted by molar-refractivity contribution is 0.0601. The van der Waals surface area contributed by atoms with Crippen LogP contribution in [0.3, 0.4) is 0 Å². The van der Waals surface area contributed by atoms with Gasteiger partial charge in [0.25, 0.3) is 0 Å². The number of anilines is 3. The molecule has 0 unspecified atom stereocenters. The van der Waals surface area contributed by atoms with Gasteiger partial charge >= 0.3 is 5.97 Å². The summed E-state index contributed by atoms with van der Waals surface area (Å²) in [5, 5.41) is 4.95. The number of carbonyl (C=O) groups excluding carboxylic acids is 1. The molecule has 0 radical (unpaired) electrons. The molecular formula is C21H19N5O3. The summed E-state index contributed by atoms with van der Waals surface area (Å²) in [4.78, 5) is 30.4. The van der Waals surface area contributed by atoms with Crippen molar-refractivity contribution in [1.29, 1.82) is 0 Å². The second kappa shape index (κ2) is 7.69. The van der Waals surface area contributed by atoms with Gasteiger partial charge in [0.1, 0.15) is 5.52 Å². The second-order valence-corrected chi connectivity index (χ2v) is 6.44.